The van der Waals surface area contributed by atoms with E-state index in [-0.39, 0.29) is 12.5 Å². The van der Waals surface area contributed by atoms with Crippen LogP contribution < -0.4 is 10.1 Å². The topological polar surface area (TPSA) is 69.0 Å². The first-order valence-electron chi connectivity index (χ1n) is 11.5. The molecule has 1 unspecified atom stereocenters. The Labute approximate surface area is 198 Å². The molecule has 6 heteroatoms. The monoisotopic (exact) mass is 450 g/mol. The summed E-state index contributed by atoms with van der Waals surface area (Å²) in [5.74, 6) is 0.952. The highest BCUT2D eigenvalue weighted by atomic mass is 16.5. The number of amides is 1. The standard InChI is InChI=1S/C28H26N4O2/c1-3-19(2)20-11-14-23(15-12-20)34-18-28(33)29-22-13-16-25-26(17-22)31-32(30-25)27-10-6-8-21-7-4-5-9-24(21)27/h4-17,19H,3,18H2,1-2H3,(H,29,33). The van der Waals surface area contributed by atoms with Gasteiger partial charge < -0.3 is 10.1 Å². The summed E-state index contributed by atoms with van der Waals surface area (Å²) in [6.45, 7) is 4.30. The maximum absolute atomic E-state index is 12.4. The van der Waals surface area contributed by atoms with Crippen molar-refractivity contribution in [2.24, 2.45) is 0 Å². The SMILES string of the molecule is CCC(C)c1ccc(OCC(=O)Nc2ccc3nn(-c4cccc5ccccc45)nc3c2)cc1. The predicted molar refractivity (Wildman–Crippen MR) is 136 cm³/mol. The molecule has 5 aromatic rings. The van der Waals surface area contributed by atoms with E-state index in [4.69, 9.17) is 4.74 Å². The summed E-state index contributed by atoms with van der Waals surface area (Å²) < 4.78 is 5.65. The molecule has 0 radical (unpaired) electrons. The minimum Gasteiger partial charge on any atom is -0.484 e. The van der Waals surface area contributed by atoms with E-state index in [9.17, 15) is 4.79 Å². The van der Waals surface area contributed by atoms with Crippen molar-refractivity contribution in [3.63, 3.8) is 0 Å². The largest absolute Gasteiger partial charge is 0.484 e. The molecule has 0 aliphatic rings. The first kappa shape index (κ1) is 21.6. The third-order valence-corrected chi connectivity index (χ3v) is 6.08. The van der Waals surface area contributed by atoms with Crippen LogP contribution in [-0.4, -0.2) is 27.5 Å². The number of hydrogen-bond donors (Lipinski definition) is 1. The zero-order valence-electron chi connectivity index (χ0n) is 19.2. The zero-order valence-corrected chi connectivity index (χ0v) is 19.2. The summed E-state index contributed by atoms with van der Waals surface area (Å²) in [4.78, 5) is 14.1. The van der Waals surface area contributed by atoms with Crippen LogP contribution in [0.2, 0.25) is 0 Å². The van der Waals surface area contributed by atoms with Crippen LogP contribution in [0, 0.1) is 0 Å². The normalized spacial score (nSPS) is 12.1. The fourth-order valence-electron chi connectivity index (χ4n) is 3.96. The van der Waals surface area contributed by atoms with E-state index in [0.717, 1.165) is 28.4 Å². The van der Waals surface area contributed by atoms with Crippen LogP contribution in [0.15, 0.2) is 84.9 Å². The van der Waals surface area contributed by atoms with Crippen LogP contribution in [0.4, 0.5) is 5.69 Å². The van der Waals surface area contributed by atoms with Crippen LogP contribution in [-0.2, 0) is 4.79 Å². The summed E-state index contributed by atoms with van der Waals surface area (Å²) in [5.41, 5.74) is 4.28. The molecule has 0 fully saturated rings. The Bertz CT molecular complexity index is 1450. The minimum atomic E-state index is -0.230. The Morgan fingerprint density at radius 1 is 0.941 bits per heavy atom. The Hall–Kier alpha value is -4.19. The van der Waals surface area contributed by atoms with E-state index in [1.165, 1.54) is 5.56 Å². The number of carbonyl (C=O) groups excluding carboxylic acids is 1. The summed E-state index contributed by atoms with van der Waals surface area (Å²) in [6.07, 6.45) is 1.09. The minimum absolute atomic E-state index is 0.0661. The molecule has 1 aromatic heterocycles. The average Bonchev–Trinajstić information content (AvgIpc) is 3.30. The number of benzene rings is 4. The first-order valence-corrected chi connectivity index (χ1v) is 11.5. The molecule has 0 aliphatic heterocycles. The molecule has 4 aromatic carbocycles. The highest BCUT2D eigenvalue weighted by molar-refractivity contribution is 5.94. The van der Waals surface area contributed by atoms with E-state index in [1.807, 2.05) is 54.6 Å². The van der Waals surface area contributed by atoms with Gasteiger partial charge in [0.05, 0.1) is 5.69 Å². The number of rotatable bonds is 7. The van der Waals surface area contributed by atoms with Crippen LogP contribution in [0.25, 0.3) is 27.5 Å². The van der Waals surface area contributed by atoms with Gasteiger partial charge in [0.25, 0.3) is 5.91 Å². The van der Waals surface area contributed by atoms with Crippen molar-refractivity contribution >= 4 is 33.4 Å². The van der Waals surface area contributed by atoms with Gasteiger partial charge in [0.2, 0.25) is 0 Å². The lowest BCUT2D eigenvalue weighted by atomic mass is 9.99. The molecule has 34 heavy (non-hydrogen) atoms. The Morgan fingerprint density at radius 3 is 2.53 bits per heavy atom. The third kappa shape index (κ3) is 4.48. The van der Waals surface area contributed by atoms with Gasteiger partial charge in [-0.2, -0.15) is 0 Å². The lowest BCUT2D eigenvalue weighted by Crippen LogP contribution is -2.20. The van der Waals surface area contributed by atoms with E-state index in [1.54, 1.807) is 4.80 Å². The van der Waals surface area contributed by atoms with Crippen LogP contribution in [0.5, 0.6) is 5.75 Å². The highest BCUT2D eigenvalue weighted by Crippen LogP contribution is 2.24. The van der Waals surface area contributed by atoms with Gasteiger partial charge in [-0.3, -0.25) is 4.79 Å². The van der Waals surface area contributed by atoms with E-state index < -0.39 is 0 Å². The van der Waals surface area contributed by atoms with Crippen molar-refractivity contribution in [2.75, 3.05) is 11.9 Å². The molecule has 1 heterocycles. The maximum Gasteiger partial charge on any atom is 0.262 e. The van der Waals surface area contributed by atoms with Crippen molar-refractivity contribution in [3.05, 3.63) is 90.5 Å². The van der Waals surface area contributed by atoms with E-state index >= 15 is 0 Å². The van der Waals surface area contributed by atoms with Gasteiger partial charge in [0, 0.05) is 11.1 Å². The lowest BCUT2D eigenvalue weighted by Gasteiger charge is -2.11. The number of carbonyl (C=O) groups is 1. The third-order valence-electron chi connectivity index (χ3n) is 6.08. The number of hydrogen-bond acceptors (Lipinski definition) is 4. The molecule has 0 saturated heterocycles. The van der Waals surface area contributed by atoms with Crippen molar-refractivity contribution in [3.8, 4) is 11.4 Å². The summed E-state index contributed by atoms with van der Waals surface area (Å²) >= 11 is 0. The molecule has 170 valence electrons. The molecule has 6 nitrogen and oxygen atoms in total. The summed E-state index contributed by atoms with van der Waals surface area (Å²) in [6, 6.07) is 27.6. The fraction of sp³-hybridized carbons (Fsp3) is 0.179. The maximum atomic E-state index is 12.4. The molecule has 1 N–H and O–H groups in total. The van der Waals surface area contributed by atoms with Gasteiger partial charge in [0.15, 0.2) is 6.61 Å². The van der Waals surface area contributed by atoms with E-state index in [0.29, 0.717) is 22.9 Å². The van der Waals surface area contributed by atoms with Crippen molar-refractivity contribution in [1.29, 1.82) is 0 Å². The summed E-state index contributed by atoms with van der Waals surface area (Å²) in [7, 11) is 0. The lowest BCUT2D eigenvalue weighted by molar-refractivity contribution is -0.118. The zero-order chi connectivity index (χ0) is 23.5. The van der Waals surface area contributed by atoms with Crippen LogP contribution >= 0.6 is 0 Å². The van der Waals surface area contributed by atoms with Gasteiger partial charge in [-0.25, -0.2) is 0 Å². The smallest absolute Gasteiger partial charge is 0.262 e. The number of fused-ring (bicyclic) bond motifs is 2. The quantitative estimate of drug-likeness (QED) is 0.325. The molecular formula is C28H26N4O2. The Kier molecular flexibility index (Phi) is 5.95. The molecule has 1 amide bonds. The van der Waals surface area contributed by atoms with Gasteiger partial charge >= 0.3 is 0 Å². The Morgan fingerprint density at radius 2 is 1.71 bits per heavy atom. The van der Waals surface area contributed by atoms with Crippen LogP contribution in [0.1, 0.15) is 31.7 Å². The van der Waals surface area contributed by atoms with Crippen molar-refractivity contribution < 1.29 is 9.53 Å². The number of anilines is 1. The number of nitrogens with zero attached hydrogens (tertiary/aromatic N) is 3. The van der Waals surface area contributed by atoms with Crippen molar-refractivity contribution in [2.45, 2.75) is 26.2 Å². The summed E-state index contributed by atoms with van der Waals surface area (Å²) in [5, 5.41) is 14.4. The second kappa shape index (κ2) is 9.35. The number of ether oxygens (including phenoxy) is 1. The molecular weight excluding hydrogens is 424 g/mol. The number of aromatic nitrogens is 3. The van der Waals surface area contributed by atoms with Gasteiger partial charge in [-0.05, 0) is 59.7 Å². The van der Waals surface area contributed by atoms with E-state index in [2.05, 4.69) is 59.7 Å². The molecule has 0 aliphatic carbocycles. The van der Waals surface area contributed by atoms with Gasteiger partial charge in [0.1, 0.15) is 16.8 Å². The van der Waals surface area contributed by atoms with Gasteiger partial charge in [-0.15, -0.1) is 15.0 Å². The van der Waals surface area contributed by atoms with Crippen LogP contribution in [0.3, 0.4) is 0 Å². The molecule has 0 saturated carbocycles. The second-order valence-corrected chi connectivity index (χ2v) is 8.41. The van der Waals surface area contributed by atoms with Gasteiger partial charge in [-0.1, -0.05) is 62.4 Å². The average molecular weight is 451 g/mol. The highest BCUT2D eigenvalue weighted by Gasteiger charge is 2.10. The first-order chi connectivity index (χ1) is 16.6. The Balaban J connectivity index is 1.28. The molecule has 0 spiro atoms. The second-order valence-electron chi connectivity index (χ2n) is 8.41. The molecule has 5 rings (SSSR count). The van der Waals surface area contributed by atoms with Crippen molar-refractivity contribution in [1.82, 2.24) is 15.0 Å². The molecule has 0 bridgehead atoms. The fourth-order valence-corrected chi connectivity index (χ4v) is 3.96. The molecule has 1 atom stereocenters. The number of nitrogens with one attached hydrogen (secondary N) is 1. The predicted octanol–water partition coefficient (Wildman–Crippen LogP) is 6.10.